The van der Waals surface area contributed by atoms with Gasteiger partial charge in [0.1, 0.15) is 0 Å². The number of carbonyl (C=O) groups is 1. The van der Waals surface area contributed by atoms with E-state index in [9.17, 15) is 9.59 Å². The predicted octanol–water partition coefficient (Wildman–Crippen LogP) is -0.101. The number of morpholine rings is 1. The highest BCUT2D eigenvalue weighted by molar-refractivity contribution is 5.80. The van der Waals surface area contributed by atoms with Crippen LogP contribution < -0.4 is 16.2 Å². The molecule has 3 N–H and O–H groups in total. The second-order valence-corrected chi connectivity index (χ2v) is 6.57. The highest BCUT2D eigenvalue weighted by Crippen LogP contribution is 2.21. The van der Waals surface area contributed by atoms with E-state index in [4.69, 9.17) is 4.74 Å². The number of unbranched alkanes of at least 4 members (excludes halogenated alkanes) is 1. The van der Waals surface area contributed by atoms with Crippen molar-refractivity contribution in [2.45, 2.75) is 32.1 Å². The predicted molar refractivity (Wildman–Crippen MR) is 94.9 cm³/mol. The van der Waals surface area contributed by atoms with E-state index < -0.39 is 0 Å². The minimum absolute atomic E-state index is 0.0551. The first-order valence-electron chi connectivity index (χ1n) is 9.15. The molecule has 1 amide bonds. The lowest BCUT2D eigenvalue weighted by Crippen LogP contribution is -2.37. The van der Waals surface area contributed by atoms with Crippen LogP contribution in [0.1, 0.15) is 30.5 Å². The number of rotatable bonds is 7. The molecule has 1 saturated heterocycles. The first kappa shape index (κ1) is 17.9. The Morgan fingerprint density at radius 2 is 2.12 bits per heavy atom. The monoisotopic (exact) mass is 349 g/mol. The molecule has 8 nitrogen and oxygen atoms in total. The Hall–Kier alpha value is -1.93. The van der Waals surface area contributed by atoms with Crippen LogP contribution in [0.15, 0.2) is 4.79 Å². The van der Waals surface area contributed by atoms with E-state index in [0.29, 0.717) is 12.2 Å². The lowest BCUT2D eigenvalue weighted by molar-refractivity contribution is -0.120. The minimum atomic E-state index is -0.158. The second-order valence-electron chi connectivity index (χ2n) is 6.57. The first-order valence-corrected chi connectivity index (χ1v) is 9.15. The van der Waals surface area contributed by atoms with Gasteiger partial charge in [-0.3, -0.25) is 14.5 Å². The minimum Gasteiger partial charge on any atom is -0.383 e. The van der Waals surface area contributed by atoms with E-state index in [-0.39, 0.29) is 17.9 Å². The fraction of sp³-hybridized carbons (Fsp3) is 0.706. The van der Waals surface area contributed by atoms with Gasteiger partial charge in [0.25, 0.3) is 5.56 Å². The maximum absolute atomic E-state index is 12.2. The van der Waals surface area contributed by atoms with Crippen molar-refractivity contribution in [3.63, 3.8) is 0 Å². The van der Waals surface area contributed by atoms with Gasteiger partial charge in [0.05, 0.1) is 31.0 Å². The molecule has 3 rings (SSSR count). The summed E-state index contributed by atoms with van der Waals surface area (Å²) in [6.45, 7) is 6.18. The summed E-state index contributed by atoms with van der Waals surface area (Å²) in [4.78, 5) is 26.4. The molecule has 0 saturated carbocycles. The van der Waals surface area contributed by atoms with Crippen LogP contribution in [0.5, 0.6) is 0 Å². The van der Waals surface area contributed by atoms with Gasteiger partial charge in [-0.1, -0.05) is 0 Å². The molecule has 1 aromatic rings. The molecule has 0 bridgehead atoms. The summed E-state index contributed by atoms with van der Waals surface area (Å²) in [7, 11) is 0. The van der Waals surface area contributed by atoms with Gasteiger partial charge < -0.3 is 15.4 Å². The summed E-state index contributed by atoms with van der Waals surface area (Å²) >= 11 is 0. The number of amides is 1. The van der Waals surface area contributed by atoms with Crippen LogP contribution in [0.2, 0.25) is 0 Å². The van der Waals surface area contributed by atoms with Crippen LogP contribution in [-0.2, 0) is 22.4 Å². The smallest absolute Gasteiger partial charge is 0.269 e. The van der Waals surface area contributed by atoms with Gasteiger partial charge in [-0.2, -0.15) is 5.10 Å². The molecule has 2 aliphatic rings. The zero-order valence-corrected chi connectivity index (χ0v) is 14.6. The van der Waals surface area contributed by atoms with Crippen LogP contribution in [0.4, 0.5) is 5.69 Å². The normalized spacial score (nSPS) is 17.6. The molecule has 0 atom stereocenters. The van der Waals surface area contributed by atoms with Crippen molar-refractivity contribution in [3.8, 4) is 0 Å². The van der Waals surface area contributed by atoms with Crippen molar-refractivity contribution < 1.29 is 9.53 Å². The molecular formula is C17H27N5O3. The summed E-state index contributed by atoms with van der Waals surface area (Å²) in [6, 6.07) is 0. The number of anilines is 1. The standard InChI is InChI=1S/C17H27N5O3/c23-15(18-5-1-2-7-22-8-10-25-11-9-22)12-14-16-13(4-3-6-19-16)17(24)21-20-14/h19H,1-12H2,(H,18,23)(H,21,24). The van der Waals surface area contributed by atoms with Crippen molar-refractivity contribution in [2.75, 3.05) is 51.3 Å². The molecule has 25 heavy (non-hydrogen) atoms. The number of nitrogens with zero attached hydrogens (tertiary/aromatic N) is 2. The topological polar surface area (TPSA) is 99.3 Å². The lowest BCUT2D eigenvalue weighted by atomic mass is 10.0. The van der Waals surface area contributed by atoms with Gasteiger partial charge in [-0.25, -0.2) is 5.10 Å². The molecule has 1 fully saturated rings. The number of carbonyl (C=O) groups excluding carboxylic acids is 1. The molecule has 1 aromatic heterocycles. The Balaban J connectivity index is 1.40. The zero-order chi connectivity index (χ0) is 17.5. The molecule has 0 radical (unpaired) electrons. The maximum atomic E-state index is 12.2. The molecule has 8 heteroatoms. The van der Waals surface area contributed by atoms with E-state index in [1.54, 1.807) is 0 Å². The van der Waals surface area contributed by atoms with Crippen molar-refractivity contribution >= 4 is 11.6 Å². The molecular weight excluding hydrogens is 322 g/mol. The van der Waals surface area contributed by atoms with Gasteiger partial charge in [-0.05, 0) is 32.2 Å². The number of H-pyrrole nitrogens is 1. The maximum Gasteiger partial charge on any atom is 0.269 e. The van der Waals surface area contributed by atoms with Crippen molar-refractivity contribution in [1.82, 2.24) is 20.4 Å². The Kier molecular flexibility index (Phi) is 6.41. The van der Waals surface area contributed by atoms with Gasteiger partial charge in [0, 0.05) is 31.7 Å². The molecule has 0 aromatic carbocycles. The highest BCUT2D eigenvalue weighted by Gasteiger charge is 2.19. The number of hydrogen-bond acceptors (Lipinski definition) is 6. The Labute approximate surface area is 147 Å². The molecule has 0 aliphatic carbocycles. The SMILES string of the molecule is O=C(Cc1n[nH]c(=O)c2c1NCCC2)NCCCCN1CCOCC1. The van der Waals surface area contributed by atoms with Crippen LogP contribution in [0.25, 0.3) is 0 Å². The Morgan fingerprint density at radius 1 is 1.28 bits per heavy atom. The van der Waals surface area contributed by atoms with Gasteiger partial charge in [0.2, 0.25) is 5.91 Å². The molecule has 2 aliphatic heterocycles. The third kappa shape index (κ3) is 5.02. The number of hydrogen-bond donors (Lipinski definition) is 3. The van der Waals surface area contributed by atoms with Crippen LogP contribution >= 0.6 is 0 Å². The van der Waals surface area contributed by atoms with Gasteiger partial charge in [-0.15, -0.1) is 0 Å². The molecule has 0 unspecified atom stereocenters. The van der Waals surface area contributed by atoms with E-state index >= 15 is 0 Å². The average molecular weight is 349 g/mol. The van der Waals surface area contributed by atoms with Gasteiger partial charge >= 0.3 is 0 Å². The van der Waals surface area contributed by atoms with Crippen LogP contribution in [-0.4, -0.2) is 66.9 Å². The first-order chi connectivity index (χ1) is 12.2. The lowest BCUT2D eigenvalue weighted by Gasteiger charge is -2.26. The van der Waals surface area contributed by atoms with Gasteiger partial charge in [0.15, 0.2) is 0 Å². The largest absolute Gasteiger partial charge is 0.383 e. The van der Waals surface area contributed by atoms with Crippen LogP contribution in [0, 0.1) is 0 Å². The van der Waals surface area contributed by atoms with E-state index in [1.165, 1.54) is 0 Å². The second kappa shape index (κ2) is 8.96. The van der Waals surface area contributed by atoms with E-state index in [0.717, 1.165) is 76.3 Å². The summed E-state index contributed by atoms with van der Waals surface area (Å²) in [5.74, 6) is -0.0551. The fourth-order valence-corrected chi connectivity index (χ4v) is 3.31. The third-order valence-corrected chi connectivity index (χ3v) is 4.72. The zero-order valence-electron chi connectivity index (χ0n) is 14.6. The summed E-state index contributed by atoms with van der Waals surface area (Å²) in [6.07, 6.45) is 3.87. The molecule has 3 heterocycles. The Bertz CT molecular complexity index is 640. The number of fused-ring (bicyclic) bond motifs is 1. The number of ether oxygens (including phenoxy) is 1. The van der Waals surface area contributed by atoms with Crippen LogP contribution in [0.3, 0.4) is 0 Å². The quantitative estimate of drug-likeness (QED) is 0.595. The third-order valence-electron chi connectivity index (χ3n) is 4.72. The number of aromatic nitrogens is 2. The summed E-state index contributed by atoms with van der Waals surface area (Å²) < 4.78 is 5.33. The summed E-state index contributed by atoms with van der Waals surface area (Å²) in [5, 5.41) is 12.7. The molecule has 0 spiro atoms. The Morgan fingerprint density at radius 3 is 2.96 bits per heavy atom. The van der Waals surface area contributed by atoms with E-state index in [1.807, 2.05) is 0 Å². The van der Waals surface area contributed by atoms with Crippen molar-refractivity contribution in [3.05, 3.63) is 21.6 Å². The average Bonchev–Trinajstić information content (AvgIpc) is 2.65. The van der Waals surface area contributed by atoms with Crippen molar-refractivity contribution in [2.24, 2.45) is 0 Å². The fourth-order valence-electron chi connectivity index (χ4n) is 3.31. The number of nitrogens with one attached hydrogen (secondary N) is 3. The molecule has 138 valence electrons. The van der Waals surface area contributed by atoms with E-state index in [2.05, 4.69) is 25.7 Å². The number of aromatic amines is 1. The highest BCUT2D eigenvalue weighted by atomic mass is 16.5. The van der Waals surface area contributed by atoms with Crippen molar-refractivity contribution in [1.29, 1.82) is 0 Å². The summed E-state index contributed by atoms with van der Waals surface area (Å²) in [5.41, 5.74) is 1.93.